The number of benzene rings is 2. The molecule has 4 rings (SSSR count). The van der Waals surface area contributed by atoms with Crippen molar-refractivity contribution in [1.82, 2.24) is 15.5 Å². The summed E-state index contributed by atoms with van der Waals surface area (Å²) in [4.78, 5) is 14.8. The van der Waals surface area contributed by atoms with E-state index in [4.69, 9.17) is 4.74 Å². The van der Waals surface area contributed by atoms with Gasteiger partial charge in [0.2, 0.25) is 0 Å². The number of carbonyl (C=O) groups excluding carboxylic acids is 1. The van der Waals surface area contributed by atoms with E-state index in [1.807, 2.05) is 36.4 Å². The normalized spacial score (nSPS) is 19.6. The fourth-order valence-electron chi connectivity index (χ4n) is 4.25. The van der Waals surface area contributed by atoms with Gasteiger partial charge in [-0.05, 0) is 74.0 Å². The van der Waals surface area contributed by atoms with Crippen molar-refractivity contribution in [2.24, 2.45) is 5.92 Å². The number of nitrogens with zero attached hydrogens (tertiary/aromatic N) is 1. The van der Waals surface area contributed by atoms with Gasteiger partial charge in [-0.15, -0.1) is 0 Å². The first kappa shape index (κ1) is 20.7. The summed E-state index contributed by atoms with van der Waals surface area (Å²) in [7, 11) is 0. The Bertz CT molecular complexity index is 835. The van der Waals surface area contributed by atoms with E-state index in [9.17, 15) is 9.18 Å². The summed E-state index contributed by atoms with van der Waals surface area (Å²) < 4.78 is 18.7. The molecule has 2 aliphatic heterocycles. The molecule has 2 aliphatic rings. The SMILES string of the molecule is O=C(NCC1CCN(CCc2ccc(F)cc2)CC1)N[C@H]1COc2ccccc2C1. The molecule has 1 saturated heterocycles. The standard InChI is InChI=1S/C24H30FN3O2/c25-21-7-5-18(6-8-21)9-12-28-13-10-19(11-14-28)16-26-24(29)27-22-15-20-3-1-2-4-23(20)30-17-22/h1-8,19,22H,9-17H2,(H2,26,27,29)/t22-/m1/s1. The van der Waals surface area contributed by atoms with Crippen molar-refractivity contribution < 1.29 is 13.9 Å². The minimum absolute atomic E-state index is 0.00760. The molecule has 2 aromatic carbocycles. The third kappa shape index (κ3) is 5.72. The Morgan fingerprint density at radius 2 is 1.87 bits per heavy atom. The fraction of sp³-hybridized carbons (Fsp3) is 0.458. The van der Waals surface area contributed by atoms with Crippen molar-refractivity contribution >= 4 is 6.03 Å². The number of ether oxygens (including phenoxy) is 1. The van der Waals surface area contributed by atoms with Crippen LogP contribution in [0.3, 0.4) is 0 Å². The Balaban J connectivity index is 1.12. The lowest BCUT2D eigenvalue weighted by molar-refractivity contribution is 0.181. The van der Waals surface area contributed by atoms with Crippen LogP contribution < -0.4 is 15.4 Å². The summed E-state index contributed by atoms with van der Waals surface area (Å²) in [5.74, 6) is 1.25. The third-order valence-electron chi connectivity index (χ3n) is 6.10. The van der Waals surface area contributed by atoms with E-state index in [1.54, 1.807) is 0 Å². The summed E-state index contributed by atoms with van der Waals surface area (Å²) in [6.45, 7) is 4.30. The molecule has 0 aliphatic carbocycles. The van der Waals surface area contributed by atoms with Gasteiger partial charge in [-0.25, -0.2) is 9.18 Å². The monoisotopic (exact) mass is 411 g/mol. The van der Waals surface area contributed by atoms with E-state index < -0.39 is 0 Å². The van der Waals surface area contributed by atoms with Crippen LogP contribution in [0.2, 0.25) is 0 Å². The smallest absolute Gasteiger partial charge is 0.315 e. The molecule has 0 spiro atoms. The van der Waals surface area contributed by atoms with Crippen LogP contribution in [0.25, 0.3) is 0 Å². The highest BCUT2D eigenvalue weighted by Crippen LogP contribution is 2.24. The number of halogens is 1. The molecule has 1 fully saturated rings. The van der Waals surface area contributed by atoms with E-state index in [0.717, 1.165) is 56.6 Å². The maximum Gasteiger partial charge on any atom is 0.315 e. The van der Waals surface area contributed by atoms with Crippen molar-refractivity contribution in [1.29, 1.82) is 0 Å². The Morgan fingerprint density at radius 3 is 2.67 bits per heavy atom. The lowest BCUT2D eigenvalue weighted by Crippen LogP contribution is -2.48. The Hall–Kier alpha value is -2.60. The molecule has 160 valence electrons. The van der Waals surface area contributed by atoms with Gasteiger partial charge in [0.15, 0.2) is 0 Å². The maximum atomic E-state index is 13.0. The van der Waals surface area contributed by atoms with Crippen LogP contribution in [0, 0.1) is 11.7 Å². The molecule has 0 bridgehead atoms. The fourth-order valence-corrected chi connectivity index (χ4v) is 4.25. The summed E-state index contributed by atoms with van der Waals surface area (Å²) in [6, 6.07) is 14.6. The van der Waals surface area contributed by atoms with Crippen LogP contribution in [0.1, 0.15) is 24.0 Å². The lowest BCUT2D eigenvalue weighted by atomic mass is 9.96. The molecule has 2 N–H and O–H groups in total. The highest BCUT2D eigenvalue weighted by atomic mass is 19.1. The highest BCUT2D eigenvalue weighted by Gasteiger charge is 2.22. The number of nitrogens with one attached hydrogen (secondary N) is 2. The maximum absolute atomic E-state index is 13.0. The van der Waals surface area contributed by atoms with Crippen LogP contribution in [0.4, 0.5) is 9.18 Å². The molecule has 6 heteroatoms. The number of hydrogen-bond acceptors (Lipinski definition) is 3. The number of hydrogen-bond donors (Lipinski definition) is 2. The molecule has 2 amide bonds. The third-order valence-corrected chi connectivity index (χ3v) is 6.10. The molecule has 0 unspecified atom stereocenters. The van der Waals surface area contributed by atoms with Crippen LogP contribution in [0.15, 0.2) is 48.5 Å². The van der Waals surface area contributed by atoms with Gasteiger partial charge in [0.25, 0.3) is 0 Å². The zero-order chi connectivity index (χ0) is 20.8. The Morgan fingerprint density at radius 1 is 1.10 bits per heavy atom. The van der Waals surface area contributed by atoms with Crippen molar-refractivity contribution in [3.05, 3.63) is 65.5 Å². The lowest BCUT2D eigenvalue weighted by Gasteiger charge is -2.32. The number of para-hydroxylation sites is 1. The molecule has 0 radical (unpaired) electrons. The largest absolute Gasteiger partial charge is 0.491 e. The second-order valence-corrected chi connectivity index (χ2v) is 8.34. The molecule has 2 heterocycles. The molecule has 2 aromatic rings. The van der Waals surface area contributed by atoms with Gasteiger partial charge in [-0.2, -0.15) is 0 Å². The average molecular weight is 412 g/mol. The van der Waals surface area contributed by atoms with Crippen LogP contribution in [-0.4, -0.2) is 49.8 Å². The minimum Gasteiger partial charge on any atom is -0.491 e. The quantitative estimate of drug-likeness (QED) is 0.766. The van der Waals surface area contributed by atoms with Gasteiger partial charge in [0.1, 0.15) is 18.2 Å². The predicted molar refractivity (Wildman–Crippen MR) is 115 cm³/mol. The number of carbonyl (C=O) groups is 1. The predicted octanol–water partition coefficient (Wildman–Crippen LogP) is 3.38. The Kier molecular flexibility index (Phi) is 6.84. The number of likely N-dealkylation sites (tertiary alicyclic amines) is 1. The van der Waals surface area contributed by atoms with Crippen molar-refractivity contribution in [2.45, 2.75) is 31.7 Å². The first-order valence-corrected chi connectivity index (χ1v) is 10.9. The van der Waals surface area contributed by atoms with Gasteiger partial charge < -0.3 is 20.3 Å². The van der Waals surface area contributed by atoms with Gasteiger partial charge in [-0.3, -0.25) is 0 Å². The Labute approximate surface area is 177 Å². The van der Waals surface area contributed by atoms with E-state index >= 15 is 0 Å². The van der Waals surface area contributed by atoms with Crippen molar-refractivity contribution in [2.75, 3.05) is 32.8 Å². The average Bonchev–Trinajstić information content (AvgIpc) is 2.78. The van der Waals surface area contributed by atoms with E-state index in [1.165, 1.54) is 17.7 Å². The molecule has 0 saturated carbocycles. The molecule has 0 aromatic heterocycles. The summed E-state index contributed by atoms with van der Waals surface area (Å²) in [6.07, 6.45) is 3.92. The number of rotatable bonds is 6. The number of fused-ring (bicyclic) bond motifs is 1. The van der Waals surface area contributed by atoms with Crippen molar-refractivity contribution in [3.8, 4) is 5.75 Å². The summed E-state index contributed by atoms with van der Waals surface area (Å²) in [5, 5.41) is 6.08. The first-order chi connectivity index (χ1) is 14.7. The molecule has 5 nitrogen and oxygen atoms in total. The second kappa shape index (κ2) is 9.94. The van der Waals surface area contributed by atoms with Crippen LogP contribution in [0.5, 0.6) is 5.75 Å². The van der Waals surface area contributed by atoms with Gasteiger partial charge in [0.05, 0.1) is 6.04 Å². The van der Waals surface area contributed by atoms with E-state index in [2.05, 4.69) is 15.5 Å². The van der Waals surface area contributed by atoms with E-state index in [0.29, 0.717) is 19.1 Å². The molecular weight excluding hydrogens is 381 g/mol. The van der Waals surface area contributed by atoms with Gasteiger partial charge in [0, 0.05) is 13.1 Å². The molecular formula is C24H30FN3O2. The highest BCUT2D eigenvalue weighted by molar-refractivity contribution is 5.74. The topological polar surface area (TPSA) is 53.6 Å². The second-order valence-electron chi connectivity index (χ2n) is 8.34. The molecule has 1 atom stereocenters. The zero-order valence-electron chi connectivity index (χ0n) is 17.3. The van der Waals surface area contributed by atoms with Crippen molar-refractivity contribution in [3.63, 3.8) is 0 Å². The number of piperidine rings is 1. The summed E-state index contributed by atoms with van der Waals surface area (Å²) in [5.41, 5.74) is 2.31. The summed E-state index contributed by atoms with van der Waals surface area (Å²) >= 11 is 0. The van der Waals surface area contributed by atoms with Gasteiger partial charge >= 0.3 is 6.03 Å². The first-order valence-electron chi connectivity index (χ1n) is 10.9. The van der Waals surface area contributed by atoms with Gasteiger partial charge in [-0.1, -0.05) is 30.3 Å². The minimum atomic E-state index is -0.183. The zero-order valence-corrected chi connectivity index (χ0v) is 17.3. The van der Waals surface area contributed by atoms with E-state index in [-0.39, 0.29) is 17.9 Å². The number of urea groups is 1. The van der Waals surface area contributed by atoms with Crippen LogP contribution in [-0.2, 0) is 12.8 Å². The van der Waals surface area contributed by atoms with Crippen LogP contribution >= 0.6 is 0 Å². The molecule has 30 heavy (non-hydrogen) atoms. The number of amides is 2.